The molecule has 0 saturated carbocycles. The van der Waals surface area contributed by atoms with Crippen molar-refractivity contribution in [2.24, 2.45) is 0 Å². The summed E-state index contributed by atoms with van der Waals surface area (Å²) in [5, 5.41) is 0. The van der Waals surface area contributed by atoms with E-state index in [4.69, 9.17) is 0 Å². The van der Waals surface area contributed by atoms with Crippen LogP contribution < -0.4 is 4.90 Å². The molecular weight excluding hydrogens is 366 g/mol. The van der Waals surface area contributed by atoms with Crippen molar-refractivity contribution in [2.45, 2.75) is 25.7 Å². The summed E-state index contributed by atoms with van der Waals surface area (Å²) >= 11 is 0. The average Bonchev–Trinajstić information content (AvgIpc) is 3.17. The number of carbonyl (C=O) groups is 2. The molecule has 1 saturated heterocycles. The molecule has 0 aliphatic carbocycles. The van der Waals surface area contributed by atoms with Crippen LogP contribution in [0, 0.1) is 6.92 Å². The second-order valence-corrected chi connectivity index (χ2v) is 8.05. The molecule has 2 heterocycles. The zero-order valence-corrected chi connectivity index (χ0v) is 17.8. The first-order valence-electron chi connectivity index (χ1n) is 9.85. The van der Waals surface area contributed by atoms with E-state index in [2.05, 4.69) is 9.97 Å². The molecule has 7 nitrogen and oxygen atoms in total. The van der Waals surface area contributed by atoms with Gasteiger partial charge in [-0.2, -0.15) is 0 Å². The largest absolute Gasteiger partial charge is 0.347 e. The first-order valence-corrected chi connectivity index (χ1v) is 9.85. The average molecular weight is 396 g/mol. The third-order valence-corrected chi connectivity index (χ3v) is 5.21. The zero-order valence-electron chi connectivity index (χ0n) is 17.8. The fourth-order valence-corrected chi connectivity index (χ4v) is 3.64. The number of anilines is 1. The lowest BCUT2D eigenvalue weighted by Crippen LogP contribution is -2.30. The number of likely N-dealkylation sites (tertiary alicyclic amines) is 1. The molecule has 7 heteroatoms. The molecule has 1 aliphatic rings. The molecule has 2 amide bonds. The first kappa shape index (κ1) is 20.8. The van der Waals surface area contributed by atoms with E-state index in [1.165, 1.54) is 4.90 Å². The van der Waals surface area contributed by atoms with Gasteiger partial charge in [-0.1, -0.05) is 29.8 Å². The van der Waals surface area contributed by atoms with Gasteiger partial charge in [-0.05, 0) is 18.9 Å². The van der Waals surface area contributed by atoms with Gasteiger partial charge in [-0.25, -0.2) is 9.97 Å². The molecule has 1 aliphatic heterocycles. The summed E-state index contributed by atoms with van der Waals surface area (Å²) in [5.41, 5.74) is 3.42. The molecule has 0 bridgehead atoms. The summed E-state index contributed by atoms with van der Waals surface area (Å²) in [4.78, 5) is 39.7. The third-order valence-electron chi connectivity index (χ3n) is 5.21. The van der Waals surface area contributed by atoms with Gasteiger partial charge in [0.15, 0.2) is 0 Å². The Morgan fingerprint density at radius 1 is 1.21 bits per heavy atom. The van der Waals surface area contributed by atoms with Crippen LogP contribution in [0.4, 0.5) is 5.95 Å². The molecule has 29 heavy (non-hydrogen) atoms. The maximum atomic E-state index is 12.8. The molecule has 1 aromatic heterocycles. The van der Waals surface area contributed by atoms with Crippen molar-refractivity contribution in [1.82, 2.24) is 19.8 Å². The lowest BCUT2D eigenvalue weighted by Gasteiger charge is -2.20. The molecule has 1 unspecified atom stereocenters. The first-order chi connectivity index (χ1) is 13.8. The number of aromatic nitrogens is 2. The van der Waals surface area contributed by atoms with Crippen LogP contribution >= 0.6 is 0 Å². The fourth-order valence-electron chi connectivity index (χ4n) is 3.64. The van der Waals surface area contributed by atoms with Crippen LogP contribution in [0.25, 0.3) is 0 Å². The minimum atomic E-state index is -0.116. The number of benzene rings is 1. The summed E-state index contributed by atoms with van der Waals surface area (Å²) < 4.78 is 0. The molecule has 1 atom stereocenters. The highest BCUT2D eigenvalue weighted by atomic mass is 16.2. The highest BCUT2D eigenvalue weighted by molar-refractivity contribution is 5.95. The highest BCUT2D eigenvalue weighted by Crippen LogP contribution is 2.30. The van der Waals surface area contributed by atoms with Gasteiger partial charge in [0, 0.05) is 53.4 Å². The smallest absolute Gasteiger partial charge is 0.256 e. The number of nitrogens with zero attached hydrogens (tertiary/aromatic N) is 5. The topological polar surface area (TPSA) is 69.6 Å². The van der Waals surface area contributed by atoms with E-state index < -0.39 is 0 Å². The molecule has 3 rings (SSSR count). The minimum absolute atomic E-state index is 0.0251. The van der Waals surface area contributed by atoms with Gasteiger partial charge < -0.3 is 14.7 Å². The molecule has 1 aromatic carbocycles. The Morgan fingerprint density at radius 3 is 2.62 bits per heavy atom. The summed E-state index contributed by atoms with van der Waals surface area (Å²) in [6, 6.07) is 8.04. The van der Waals surface area contributed by atoms with Crippen molar-refractivity contribution in [3.8, 4) is 0 Å². The van der Waals surface area contributed by atoms with Crippen LogP contribution in [0.5, 0.6) is 0 Å². The Hall–Kier alpha value is -2.96. The lowest BCUT2D eigenvalue weighted by molar-refractivity contribution is -0.129. The number of hydrogen-bond donors (Lipinski definition) is 0. The molecule has 0 radical (unpaired) electrons. The minimum Gasteiger partial charge on any atom is -0.347 e. The van der Waals surface area contributed by atoms with E-state index in [1.54, 1.807) is 20.3 Å². The Bertz CT molecular complexity index is 910. The Balaban J connectivity index is 1.80. The standard InChI is InChI=1S/C22H29N5O2/c1-15-7-6-8-16(11-15)12-19(28)27-10-9-17(14-27)20-18(21(29)25(2)3)13-23-22(24-20)26(4)5/h6-8,11,13,17H,9-10,12,14H2,1-5H3. The molecule has 0 spiro atoms. The highest BCUT2D eigenvalue weighted by Gasteiger charge is 2.32. The van der Waals surface area contributed by atoms with E-state index in [-0.39, 0.29) is 17.7 Å². The Kier molecular flexibility index (Phi) is 6.15. The van der Waals surface area contributed by atoms with Crippen LogP contribution in [0.1, 0.15) is 39.5 Å². The van der Waals surface area contributed by atoms with Gasteiger partial charge in [0.1, 0.15) is 0 Å². The van der Waals surface area contributed by atoms with Gasteiger partial charge in [0.2, 0.25) is 11.9 Å². The Labute approximate surface area is 172 Å². The van der Waals surface area contributed by atoms with Gasteiger partial charge in [-0.15, -0.1) is 0 Å². The second kappa shape index (κ2) is 8.59. The van der Waals surface area contributed by atoms with Gasteiger partial charge in [-0.3, -0.25) is 9.59 Å². The molecule has 0 N–H and O–H groups in total. The van der Waals surface area contributed by atoms with Crippen LogP contribution in [0.2, 0.25) is 0 Å². The van der Waals surface area contributed by atoms with E-state index in [9.17, 15) is 9.59 Å². The normalized spacial score (nSPS) is 16.0. The quantitative estimate of drug-likeness (QED) is 0.776. The molecule has 1 fully saturated rings. The molecule has 154 valence electrons. The number of hydrogen-bond acceptors (Lipinski definition) is 5. The summed E-state index contributed by atoms with van der Waals surface area (Å²) in [6.07, 6.45) is 2.79. The summed E-state index contributed by atoms with van der Waals surface area (Å²) in [6.45, 7) is 3.27. The maximum absolute atomic E-state index is 12.8. The van der Waals surface area contributed by atoms with Crippen molar-refractivity contribution in [2.75, 3.05) is 46.2 Å². The van der Waals surface area contributed by atoms with Crippen LogP contribution in [0.15, 0.2) is 30.5 Å². The van der Waals surface area contributed by atoms with Crippen molar-refractivity contribution in [3.63, 3.8) is 0 Å². The molecular formula is C22H29N5O2. The lowest BCUT2D eigenvalue weighted by atomic mass is 9.99. The van der Waals surface area contributed by atoms with Crippen LogP contribution in [0.3, 0.4) is 0 Å². The predicted molar refractivity (Wildman–Crippen MR) is 113 cm³/mol. The van der Waals surface area contributed by atoms with E-state index in [0.717, 1.165) is 23.2 Å². The maximum Gasteiger partial charge on any atom is 0.256 e. The van der Waals surface area contributed by atoms with Crippen molar-refractivity contribution in [3.05, 3.63) is 52.8 Å². The van der Waals surface area contributed by atoms with Crippen molar-refractivity contribution >= 4 is 17.8 Å². The van der Waals surface area contributed by atoms with Gasteiger partial charge in [0.25, 0.3) is 5.91 Å². The van der Waals surface area contributed by atoms with E-state index >= 15 is 0 Å². The van der Waals surface area contributed by atoms with Crippen LogP contribution in [-0.4, -0.2) is 72.9 Å². The number of rotatable bonds is 5. The van der Waals surface area contributed by atoms with Crippen molar-refractivity contribution in [1.29, 1.82) is 0 Å². The number of aryl methyl sites for hydroxylation is 1. The fraction of sp³-hybridized carbons (Fsp3) is 0.455. The summed E-state index contributed by atoms with van der Waals surface area (Å²) in [5.74, 6) is 0.590. The second-order valence-electron chi connectivity index (χ2n) is 8.05. The number of amides is 2. The SMILES string of the molecule is Cc1cccc(CC(=O)N2CCC(c3nc(N(C)C)ncc3C(=O)N(C)C)C2)c1. The molecule has 2 aromatic rings. The van der Waals surface area contributed by atoms with Crippen LogP contribution in [-0.2, 0) is 11.2 Å². The number of carbonyl (C=O) groups excluding carboxylic acids is 2. The summed E-state index contributed by atoms with van der Waals surface area (Å²) in [7, 11) is 7.19. The Morgan fingerprint density at radius 2 is 1.97 bits per heavy atom. The van der Waals surface area contributed by atoms with Crippen molar-refractivity contribution < 1.29 is 9.59 Å². The van der Waals surface area contributed by atoms with E-state index in [1.807, 2.05) is 55.1 Å². The third kappa shape index (κ3) is 4.72. The van der Waals surface area contributed by atoms with Gasteiger partial charge in [0.05, 0.1) is 17.7 Å². The monoisotopic (exact) mass is 395 g/mol. The zero-order chi connectivity index (χ0) is 21.1. The van der Waals surface area contributed by atoms with Gasteiger partial charge >= 0.3 is 0 Å². The van der Waals surface area contributed by atoms with E-state index in [0.29, 0.717) is 31.0 Å². The predicted octanol–water partition coefficient (Wildman–Crippen LogP) is 2.11.